The normalized spacial score (nSPS) is 20.1. The molecule has 1 aromatic rings. The maximum atomic E-state index is 11.9. The summed E-state index contributed by atoms with van der Waals surface area (Å²) in [7, 11) is 0. The molecule has 1 unspecified atom stereocenters. The summed E-state index contributed by atoms with van der Waals surface area (Å²) in [4.78, 5) is 25.5. The molecule has 25 heavy (non-hydrogen) atoms. The number of rotatable bonds is 6. The zero-order chi connectivity index (χ0) is 16.8. The van der Waals surface area contributed by atoms with E-state index in [2.05, 4.69) is 10.6 Å². The van der Waals surface area contributed by atoms with E-state index in [0.717, 1.165) is 38.2 Å². The minimum Gasteiger partial charge on any atom is -0.484 e. The van der Waals surface area contributed by atoms with E-state index >= 15 is 0 Å². The van der Waals surface area contributed by atoms with Crippen LogP contribution in [0.1, 0.15) is 25.7 Å². The summed E-state index contributed by atoms with van der Waals surface area (Å²) >= 11 is 0. The molecule has 2 amide bonds. The number of hydrogen-bond acceptors (Lipinski definition) is 4. The van der Waals surface area contributed by atoms with Gasteiger partial charge in [0.05, 0.1) is 0 Å². The lowest BCUT2D eigenvalue weighted by Crippen LogP contribution is -2.39. The second-order valence-corrected chi connectivity index (χ2v) is 6.45. The molecule has 3 rings (SSSR count). The molecule has 0 saturated carbocycles. The van der Waals surface area contributed by atoms with Crippen LogP contribution in [0.3, 0.4) is 0 Å². The molecule has 0 radical (unpaired) electrons. The van der Waals surface area contributed by atoms with Crippen LogP contribution in [0.5, 0.6) is 5.75 Å². The predicted molar refractivity (Wildman–Crippen MR) is 99.4 cm³/mol. The lowest BCUT2D eigenvalue weighted by molar-refractivity contribution is -0.123. The number of nitrogens with one attached hydrogen (secondary N) is 2. The molecule has 2 aliphatic rings. The SMILES string of the molecule is Cl.O=C(COc1cccc(N2CCCC2=O)c1)NCC1CCCNC1. The largest absolute Gasteiger partial charge is 0.484 e. The third-order valence-corrected chi connectivity index (χ3v) is 4.56. The van der Waals surface area contributed by atoms with E-state index < -0.39 is 0 Å². The van der Waals surface area contributed by atoms with E-state index in [1.54, 1.807) is 4.90 Å². The van der Waals surface area contributed by atoms with Crippen LogP contribution < -0.4 is 20.3 Å². The fourth-order valence-corrected chi connectivity index (χ4v) is 3.22. The van der Waals surface area contributed by atoms with E-state index in [1.165, 1.54) is 6.42 Å². The Balaban J connectivity index is 0.00000225. The zero-order valence-electron chi connectivity index (χ0n) is 14.3. The van der Waals surface area contributed by atoms with Crippen molar-refractivity contribution in [2.45, 2.75) is 25.7 Å². The average Bonchev–Trinajstić information content (AvgIpc) is 3.05. The van der Waals surface area contributed by atoms with Gasteiger partial charge in [-0.2, -0.15) is 0 Å². The first-order valence-corrected chi connectivity index (χ1v) is 8.73. The Morgan fingerprint density at radius 3 is 2.96 bits per heavy atom. The molecule has 0 aliphatic carbocycles. The second-order valence-electron chi connectivity index (χ2n) is 6.45. The quantitative estimate of drug-likeness (QED) is 0.803. The van der Waals surface area contributed by atoms with Crippen LogP contribution in [0, 0.1) is 5.92 Å². The highest BCUT2D eigenvalue weighted by molar-refractivity contribution is 5.95. The highest BCUT2D eigenvalue weighted by Crippen LogP contribution is 2.25. The Morgan fingerprint density at radius 1 is 1.36 bits per heavy atom. The standard InChI is InChI=1S/C18H25N3O3.ClH/c22-17(20-12-14-4-2-8-19-11-14)13-24-16-6-1-5-15(10-16)21-9-3-7-18(21)23;/h1,5-6,10,14,19H,2-4,7-9,11-13H2,(H,20,22);1H. The van der Waals surface area contributed by atoms with Gasteiger partial charge in [0, 0.05) is 31.3 Å². The van der Waals surface area contributed by atoms with Crippen molar-refractivity contribution in [1.82, 2.24) is 10.6 Å². The number of anilines is 1. The number of hydrogen-bond donors (Lipinski definition) is 2. The summed E-state index contributed by atoms with van der Waals surface area (Å²) in [6, 6.07) is 7.37. The van der Waals surface area contributed by atoms with Crippen LogP contribution >= 0.6 is 12.4 Å². The number of amides is 2. The van der Waals surface area contributed by atoms with Gasteiger partial charge < -0.3 is 20.3 Å². The molecule has 6 nitrogen and oxygen atoms in total. The third-order valence-electron chi connectivity index (χ3n) is 4.56. The molecular formula is C18H26ClN3O3. The number of carbonyl (C=O) groups is 2. The van der Waals surface area contributed by atoms with Crippen LogP contribution in [-0.4, -0.2) is 44.6 Å². The van der Waals surface area contributed by atoms with Gasteiger partial charge in [-0.25, -0.2) is 0 Å². The van der Waals surface area contributed by atoms with Crippen molar-refractivity contribution in [1.29, 1.82) is 0 Å². The monoisotopic (exact) mass is 367 g/mol. The smallest absolute Gasteiger partial charge is 0.257 e. The van der Waals surface area contributed by atoms with Crippen molar-refractivity contribution >= 4 is 29.9 Å². The van der Waals surface area contributed by atoms with Crippen molar-refractivity contribution in [3.63, 3.8) is 0 Å². The molecule has 2 aliphatic heterocycles. The first-order chi connectivity index (χ1) is 11.7. The number of halogens is 1. The molecule has 2 saturated heterocycles. The number of carbonyl (C=O) groups excluding carboxylic acids is 2. The first kappa shape index (κ1) is 19.5. The fourth-order valence-electron chi connectivity index (χ4n) is 3.22. The molecule has 2 fully saturated rings. The Bertz CT molecular complexity index is 591. The molecule has 7 heteroatoms. The van der Waals surface area contributed by atoms with E-state index in [4.69, 9.17) is 4.74 Å². The van der Waals surface area contributed by atoms with Crippen LogP contribution in [-0.2, 0) is 9.59 Å². The molecule has 2 N–H and O–H groups in total. The van der Waals surface area contributed by atoms with Crippen molar-refractivity contribution in [3.05, 3.63) is 24.3 Å². The van der Waals surface area contributed by atoms with Gasteiger partial charge in [-0.15, -0.1) is 12.4 Å². The maximum absolute atomic E-state index is 11.9. The number of ether oxygens (including phenoxy) is 1. The highest BCUT2D eigenvalue weighted by atomic mass is 35.5. The maximum Gasteiger partial charge on any atom is 0.257 e. The number of piperidine rings is 1. The summed E-state index contributed by atoms with van der Waals surface area (Å²) in [6.45, 7) is 3.48. The van der Waals surface area contributed by atoms with Crippen molar-refractivity contribution < 1.29 is 14.3 Å². The van der Waals surface area contributed by atoms with Gasteiger partial charge in [-0.05, 0) is 50.4 Å². The second kappa shape index (κ2) is 9.63. The molecule has 1 atom stereocenters. The van der Waals surface area contributed by atoms with Crippen molar-refractivity contribution in [3.8, 4) is 5.75 Å². The molecule has 2 heterocycles. The van der Waals surface area contributed by atoms with Gasteiger partial charge in [0.1, 0.15) is 5.75 Å². The van der Waals surface area contributed by atoms with Crippen LogP contribution in [0.2, 0.25) is 0 Å². The lowest BCUT2D eigenvalue weighted by Gasteiger charge is -2.22. The lowest BCUT2D eigenvalue weighted by atomic mass is 10.00. The molecule has 138 valence electrons. The Hall–Kier alpha value is -1.79. The van der Waals surface area contributed by atoms with E-state index in [0.29, 0.717) is 24.6 Å². The van der Waals surface area contributed by atoms with Crippen molar-refractivity contribution in [2.24, 2.45) is 5.92 Å². The fraction of sp³-hybridized carbons (Fsp3) is 0.556. The van der Waals surface area contributed by atoms with Crippen LogP contribution in [0.15, 0.2) is 24.3 Å². The van der Waals surface area contributed by atoms with Gasteiger partial charge in [0.2, 0.25) is 5.91 Å². The Labute approximate surface area is 154 Å². The summed E-state index contributed by atoms with van der Waals surface area (Å²) in [5.74, 6) is 1.16. The summed E-state index contributed by atoms with van der Waals surface area (Å²) in [5, 5.41) is 6.27. The predicted octanol–water partition coefficient (Wildman–Crippen LogP) is 1.73. The van der Waals surface area contributed by atoms with Crippen LogP contribution in [0.25, 0.3) is 0 Å². The molecule has 0 spiro atoms. The molecular weight excluding hydrogens is 342 g/mol. The van der Waals surface area contributed by atoms with E-state index in [1.807, 2.05) is 24.3 Å². The minimum atomic E-state index is -0.108. The summed E-state index contributed by atoms with van der Waals surface area (Å²) in [6.07, 6.45) is 3.81. The van der Waals surface area contributed by atoms with Crippen molar-refractivity contribution in [2.75, 3.05) is 37.7 Å². The minimum absolute atomic E-state index is 0. The van der Waals surface area contributed by atoms with E-state index in [-0.39, 0.29) is 30.8 Å². The Kier molecular flexibility index (Phi) is 7.52. The van der Waals surface area contributed by atoms with Gasteiger partial charge in [-0.1, -0.05) is 6.07 Å². The molecule has 0 aromatic heterocycles. The van der Waals surface area contributed by atoms with Gasteiger partial charge >= 0.3 is 0 Å². The highest BCUT2D eigenvalue weighted by Gasteiger charge is 2.22. The topological polar surface area (TPSA) is 70.7 Å². The van der Waals surface area contributed by atoms with Gasteiger partial charge in [0.15, 0.2) is 6.61 Å². The van der Waals surface area contributed by atoms with Gasteiger partial charge in [-0.3, -0.25) is 9.59 Å². The van der Waals surface area contributed by atoms with Crippen LogP contribution in [0.4, 0.5) is 5.69 Å². The number of nitrogens with zero attached hydrogens (tertiary/aromatic N) is 1. The average molecular weight is 368 g/mol. The third kappa shape index (κ3) is 5.61. The zero-order valence-corrected chi connectivity index (χ0v) is 15.1. The van der Waals surface area contributed by atoms with Gasteiger partial charge in [0.25, 0.3) is 5.91 Å². The van der Waals surface area contributed by atoms with E-state index in [9.17, 15) is 9.59 Å². The number of benzene rings is 1. The summed E-state index contributed by atoms with van der Waals surface area (Å²) in [5.41, 5.74) is 0.837. The Morgan fingerprint density at radius 2 is 2.24 bits per heavy atom. The summed E-state index contributed by atoms with van der Waals surface area (Å²) < 4.78 is 5.58. The first-order valence-electron chi connectivity index (χ1n) is 8.73. The molecule has 1 aromatic carbocycles. The molecule has 0 bridgehead atoms.